The molecule has 2 aliphatic rings. The van der Waals surface area contributed by atoms with Gasteiger partial charge in [-0.1, -0.05) is 30.7 Å². The van der Waals surface area contributed by atoms with Crippen LogP contribution in [0.5, 0.6) is 0 Å². The first-order valence-corrected chi connectivity index (χ1v) is 13.0. The van der Waals surface area contributed by atoms with Crippen LogP contribution in [-0.2, 0) is 9.59 Å². The first-order chi connectivity index (χ1) is 16.6. The second-order valence-corrected chi connectivity index (χ2v) is 11.3. The number of rotatable bonds is 6. The Kier molecular flexibility index (Phi) is 7.46. The molecular formula is C25H29ClFN5O2S. The molecule has 1 aliphatic carbocycles. The molecule has 10 heteroatoms. The fraction of sp³-hybridized carbons (Fsp3) is 0.520. The minimum Gasteiger partial charge on any atom is -0.323 e. The second kappa shape index (κ2) is 10.2. The van der Waals surface area contributed by atoms with Crippen LogP contribution in [0.1, 0.15) is 46.0 Å². The maximum atomic E-state index is 13.6. The molecule has 0 unspecified atom stereocenters. The van der Waals surface area contributed by atoms with Crippen molar-refractivity contribution in [2.24, 2.45) is 5.41 Å². The van der Waals surface area contributed by atoms with E-state index in [0.717, 1.165) is 11.3 Å². The van der Waals surface area contributed by atoms with Crippen molar-refractivity contribution in [1.29, 1.82) is 5.26 Å². The third-order valence-electron chi connectivity index (χ3n) is 7.26. The average molecular weight is 518 g/mol. The minimum atomic E-state index is -1.15. The molecule has 1 saturated heterocycles. The molecule has 1 aromatic heterocycles. The highest BCUT2D eigenvalue weighted by Gasteiger charge is 2.43. The summed E-state index contributed by atoms with van der Waals surface area (Å²) in [5.41, 5.74) is 0.867. The predicted molar refractivity (Wildman–Crippen MR) is 135 cm³/mol. The van der Waals surface area contributed by atoms with E-state index in [0.29, 0.717) is 35.8 Å². The summed E-state index contributed by atoms with van der Waals surface area (Å²) in [5, 5.41) is 18.6. The number of nitrogens with one attached hydrogen (secondary N) is 2. The topological polar surface area (TPSA) is 98.1 Å². The van der Waals surface area contributed by atoms with Crippen LogP contribution in [0.25, 0.3) is 11.3 Å². The van der Waals surface area contributed by atoms with Crippen molar-refractivity contribution in [3.05, 3.63) is 34.7 Å². The van der Waals surface area contributed by atoms with Gasteiger partial charge in [0.2, 0.25) is 11.8 Å². The van der Waals surface area contributed by atoms with Crippen molar-refractivity contribution in [2.45, 2.75) is 63.7 Å². The zero-order valence-electron chi connectivity index (χ0n) is 19.8. The summed E-state index contributed by atoms with van der Waals surface area (Å²) < 4.78 is 13.6. The smallest absolute Gasteiger partial charge is 0.237 e. The number of benzene rings is 1. The molecule has 2 fully saturated rings. The van der Waals surface area contributed by atoms with E-state index in [1.807, 2.05) is 37.4 Å². The van der Waals surface area contributed by atoms with E-state index in [9.17, 15) is 19.2 Å². The monoisotopic (exact) mass is 517 g/mol. The van der Waals surface area contributed by atoms with Gasteiger partial charge in [-0.3, -0.25) is 9.59 Å². The maximum Gasteiger partial charge on any atom is 0.237 e. The molecular weight excluding hydrogens is 489 g/mol. The molecule has 186 valence electrons. The SMILES string of the molecule is CC1(NCC(=O)N2C[C@@H](F)C[C@H]2C#N)CCC(C)(C(=O)Nc2nc(-c3ccc(Cl)cc3)cs2)CC1. The average Bonchev–Trinajstić information content (AvgIpc) is 3.46. The Morgan fingerprint density at radius 1 is 1.26 bits per heavy atom. The standard InChI is InChI=1S/C25H29ClFN5O2S/c1-24(22(34)31-23-30-20(15-35-23)16-3-5-17(26)6-4-16)7-9-25(2,10-8-24)29-13-21(33)32-14-18(27)11-19(32)12-28/h3-6,15,18-19,29H,7-11,13-14H2,1-2H3,(H,30,31,34)/t18-,19-,24?,25?/m0/s1. The summed E-state index contributed by atoms with van der Waals surface area (Å²) in [7, 11) is 0. The molecule has 4 rings (SSSR count). The minimum absolute atomic E-state index is 0.0236. The fourth-order valence-electron chi connectivity index (χ4n) is 4.66. The molecule has 0 bridgehead atoms. The number of amides is 2. The van der Waals surface area contributed by atoms with Gasteiger partial charge in [0, 0.05) is 33.3 Å². The van der Waals surface area contributed by atoms with E-state index in [2.05, 4.69) is 15.6 Å². The molecule has 2 amide bonds. The number of carbonyl (C=O) groups excluding carboxylic acids is 2. The summed E-state index contributed by atoms with van der Waals surface area (Å²) in [6, 6.07) is 8.71. The third kappa shape index (κ3) is 5.83. The number of anilines is 1. The number of aromatic nitrogens is 1. The van der Waals surface area contributed by atoms with Crippen LogP contribution in [0.15, 0.2) is 29.6 Å². The van der Waals surface area contributed by atoms with Crippen LogP contribution in [0, 0.1) is 16.7 Å². The number of carbonyl (C=O) groups is 2. The van der Waals surface area contributed by atoms with Crippen LogP contribution in [-0.4, -0.2) is 52.5 Å². The summed E-state index contributed by atoms with van der Waals surface area (Å²) >= 11 is 7.34. The molecule has 0 spiro atoms. The lowest BCUT2D eigenvalue weighted by atomic mass is 9.68. The number of hydrogen-bond acceptors (Lipinski definition) is 6. The highest BCUT2D eigenvalue weighted by Crippen LogP contribution is 2.41. The summed E-state index contributed by atoms with van der Waals surface area (Å²) in [5.74, 6) is -0.320. The Balaban J connectivity index is 1.30. The molecule has 0 radical (unpaired) electrons. The lowest BCUT2D eigenvalue weighted by Crippen LogP contribution is -2.53. The molecule has 7 nitrogen and oxygen atoms in total. The van der Waals surface area contributed by atoms with Crippen LogP contribution in [0.4, 0.5) is 9.52 Å². The normalized spacial score (nSPS) is 28.5. The highest BCUT2D eigenvalue weighted by atomic mass is 35.5. The van der Waals surface area contributed by atoms with Gasteiger partial charge in [-0.2, -0.15) is 5.26 Å². The van der Waals surface area contributed by atoms with Gasteiger partial charge in [0.1, 0.15) is 12.2 Å². The van der Waals surface area contributed by atoms with E-state index >= 15 is 0 Å². The van der Waals surface area contributed by atoms with Gasteiger partial charge in [0.25, 0.3) is 0 Å². The van der Waals surface area contributed by atoms with Crippen LogP contribution >= 0.6 is 22.9 Å². The van der Waals surface area contributed by atoms with E-state index in [4.69, 9.17) is 11.6 Å². The number of hydrogen-bond donors (Lipinski definition) is 2. The quantitative estimate of drug-likeness (QED) is 0.574. The van der Waals surface area contributed by atoms with Gasteiger partial charge >= 0.3 is 0 Å². The number of halogens is 2. The summed E-state index contributed by atoms with van der Waals surface area (Å²) in [4.78, 5) is 31.6. The van der Waals surface area contributed by atoms with E-state index in [-0.39, 0.29) is 36.9 Å². The van der Waals surface area contributed by atoms with Gasteiger partial charge < -0.3 is 15.5 Å². The third-order valence-corrected chi connectivity index (χ3v) is 8.27. The Morgan fingerprint density at radius 3 is 2.60 bits per heavy atom. The van der Waals surface area contributed by atoms with E-state index in [1.165, 1.54) is 16.2 Å². The number of nitriles is 1. The van der Waals surface area contributed by atoms with Crippen molar-refractivity contribution >= 4 is 39.9 Å². The van der Waals surface area contributed by atoms with Crippen LogP contribution in [0.3, 0.4) is 0 Å². The lowest BCUT2D eigenvalue weighted by molar-refractivity contribution is -0.131. The predicted octanol–water partition coefficient (Wildman–Crippen LogP) is 4.79. The van der Waals surface area contributed by atoms with Crippen molar-refractivity contribution < 1.29 is 14.0 Å². The molecule has 1 aliphatic heterocycles. The Morgan fingerprint density at radius 2 is 1.94 bits per heavy atom. The van der Waals surface area contributed by atoms with Crippen molar-refractivity contribution in [1.82, 2.24) is 15.2 Å². The maximum absolute atomic E-state index is 13.6. The molecule has 1 saturated carbocycles. The van der Waals surface area contributed by atoms with Crippen molar-refractivity contribution in [3.63, 3.8) is 0 Å². The van der Waals surface area contributed by atoms with Gasteiger partial charge in [0.05, 0.1) is 24.9 Å². The van der Waals surface area contributed by atoms with Gasteiger partial charge in [0.15, 0.2) is 5.13 Å². The first kappa shape index (κ1) is 25.5. The number of thiazole rings is 1. The van der Waals surface area contributed by atoms with Crippen molar-refractivity contribution in [2.75, 3.05) is 18.4 Å². The molecule has 1 aromatic carbocycles. The Bertz CT molecular complexity index is 1120. The van der Waals surface area contributed by atoms with E-state index < -0.39 is 17.6 Å². The second-order valence-electron chi connectivity index (χ2n) is 10.00. The lowest BCUT2D eigenvalue weighted by Gasteiger charge is -2.42. The Labute approximate surface area is 213 Å². The van der Waals surface area contributed by atoms with E-state index in [1.54, 1.807) is 12.1 Å². The zero-order valence-corrected chi connectivity index (χ0v) is 21.4. The molecule has 35 heavy (non-hydrogen) atoms. The van der Waals surface area contributed by atoms with Crippen LogP contribution < -0.4 is 10.6 Å². The first-order valence-electron chi connectivity index (χ1n) is 11.7. The molecule has 2 aromatic rings. The Hall–Kier alpha value is -2.54. The number of likely N-dealkylation sites (tertiary alicyclic amines) is 1. The van der Waals surface area contributed by atoms with Gasteiger partial charge in [-0.25, -0.2) is 9.37 Å². The van der Waals surface area contributed by atoms with Crippen LogP contribution in [0.2, 0.25) is 5.02 Å². The summed E-state index contributed by atoms with van der Waals surface area (Å²) in [6.07, 6.45) is 1.67. The van der Waals surface area contributed by atoms with Gasteiger partial charge in [-0.15, -0.1) is 11.3 Å². The largest absolute Gasteiger partial charge is 0.323 e. The molecule has 2 N–H and O–H groups in total. The van der Waals surface area contributed by atoms with Gasteiger partial charge in [-0.05, 0) is 44.7 Å². The molecule has 2 atom stereocenters. The highest BCUT2D eigenvalue weighted by molar-refractivity contribution is 7.14. The fourth-order valence-corrected chi connectivity index (χ4v) is 5.50. The zero-order chi connectivity index (χ0) is 25.2. The summed E-state index contributed by atoms with van der Waals surface area (Å²) in [6.45, 7) is 4.03. The van der Waals surface area contributed by atoms with Crippen molar-refractivity contribution in [3.8, 4) is 17.3 Å². The number of alkyl halides is 1. The number of nitrogens with zero attached hydrogens (tertiary/aromatic N) is 3. The molecule has 2 heterocycles.